The summed E-state index contributed by atoms with van der Waals surface area (Å²) >= 11 is 6.05. The minimum Gasteiger partial charge on any atom is -0.397 e. The van der Waals surface area contributed by atoms with E-state index in [1.807, 2.05) is 11.9 Å². The summed E-state index contributed by atoms with van der Waals surface area (Å²) < 4.78 is 5.54. The minimum absolute atomic E-state index is 0.115. The van der Waals surface area contributed by atoms with Crippen LogP contribution in [-0.4, -0.2) is 59.7 Å². The molecular weight excluding hydrogens is 366 g/mol. The topological polar surface area (TPSA) is 84.6 Å². The van der Waals surface area contributed by atoms with E-state index in [9.17, 15) is 4.79 Å². The van der Waals surface area contributed by atoms with Gasteiger partial charge in [0, 0.05) is 32.8 Å². The fraction of sp³-hybridized carbons (Fsp3) is 0.526. The highest BCUT2D eigenvalue weighted by Crippen LogP contribution is 2.27. The van der Waals surface area contributed by atoms with Gasteiger partial charge in [-0.3, -0.25) is 9.78 Å². The molecule has 2 N–H and O–H groups in total. The van der Waals surface area contributed by atoms with Crippen molar-refractivity contribution in [1.82, 2.24) is 14.9 Å². The number of halogens is 1. The molecule has 8 heteroatoms. The molecule has 2 saturated heterocycles. The number of ether oxygens (including phenoxy) is 1. The molecule has 1 aromatic carbocycles. The number of hydrogen-bond donors (Lipinski definition) is 1. The molecule has 2 aromatic rings. The summed E-state index contributed by atoms with van der Waals surface area (Å²) in [5, 5.41) is 0.490. The first-order chi connectivity index (χ1) is 13.0. The Labute approximate surface area is 163 Å². The number of amides is 1. The first kappa shape index (κ1) is 18.3. The van der Waals surface area contributed by atoms with Gasteiger partial charge < -0.3 is 20.3 Å². The van der Waals surface area contributed by atoms with Crippen LogP contribution >= 0.6 is 11.6 Å². The highest BCUT2D eigenvalue weighted by atomic mass is 35.5. The smallest absolute Gasteiger partial charge is 0.251 e. The molecule has 0 radical (unpaired) electrons. The lowest BCUT2D eigenvalue weighted by Gasteiger charge is -2.37. The molecule has 7 nitrogen and oxygen atoms in total. The monoisotopic (exact) mass is 389 g/mol. The lowest BCUT2D eigenvalue weighted by atomic mass is 10.0. The Kier molecular flexibility index (Phi) is 5.06. The Bertz CT molecular complexity index is 847. The standard InChI is InChI=1S/C19H24ClN5O2/c1-24(19(26)17-3-2-8-27-17)12-4-6-25(7-5-12)18-11-22-15-9-13(20)14(21)10-16(15)23-18/h9-12,17H,2-8,21H2,1H3/t17-/m1/s1. The SMILES string of the molecule is CN(C(=O)[C@H]1CCCO1)C1CCN(c2cnc3cc(Cl)c(N)cc3n2)CC1. The van der Waals surface area contributed by atoms with Crippen LogP contribution < -0.4 is 10.6 Å². The molecule has 2 aliphatic rings. The number of rotatable bonds is 3. The van der Waals surface area contributed by atoms with E-state index in [1.54, 1.807) is 18.3 Å². The molecule has 1 aromatic heterocycles. The van der Waals surface area contributed by atoms with E-state index in [2.05, 4.69) is 9.88 Å². The molecule has 144 valence electrons. The molecule has 3 heterocycles. The number of anilines is 2. The van der Waals surface area contributed by atoms with Crippen molar-refractivity contribution in [3.05, 3.63) is 23.4 Å². The number of carbonyl (C=O) groups is 1. The van der Waals surface area contributed by atoms with Crippen molar-refractivity contribution < 1.29 is 9.53 Å². The summed E-state index contributed by atoms with van der Waals surface area (Å²) in [5.41, 5.74) is 7.86. The highest BCUT2D eigenvalue weighted by Gasteiger charge is 2.32. The Morgan fingerprint density at radius 3 is 2.78 bits per heavy atom. The summed E-state index contributed by atoms with van der Waals surface area (Å²) in [5.74, 6) is 0.944. The number of benzene rings is 1. The maximum Gasteiger partial charge on any atom is 0.251 e. The first-order valence-electron chi connectivity index (χ1n) is 9.38. The number of piperidine rings is 1. The second-order valence-electron chi connectivity index (χ2n) is 7.26. The fourth-order valence-corrected chi connectivity index (χ4v) is 4.01. The predicted octanol–water partition coefficient (Wildman–Crippen LogP) is 2.47. The third kappa shape index (κ3) is 3.66. The van der Waals surface area contributed by atoms with Gasteiger partial charge in [-0.05, 0) is 37.8 Å². The summed E-state index contributed by atoms with van der Waals surface area (Å²) in [7, 11) is 1.90. The normalized spacial score (nSPS) is 21.0. The van der Waals surface area contributed by atoms with Crippen molar-refractivity contribution in [1.29, 1.82) is 0 Å². The average Bonchev–Trinajstić information content (AvgIpc) is 3.22. The number of likely N-dealkylation sites (N-methyl/N-ethyl adjacent to an activating group) is 1. The largest absolute Gasteiger partial charge is 0.397 e. The van der Waals surface area contributed by atoms with E-state index in [0.29, 0.717) is 17.3 Å². The van der Waals surface area contributed by atoms with E-state index in [1.165, 1.54) is 0 Å². The van der Waals surface area contributed by atoms with Gasteiger partial charge in [-0.25, -0.2) is 4.98 Å². The van der Waals surface area contributed by atoms with Crippen LogP contribution in [0.2, 0.25) is 5.02 Å². The molecule has 27 heavy (non-hydrogen) atoms. The first-order valence-corrected chi connectivity index (χ1v) is 9.76. The highest BCUT2D eigenvalue weighted by molar-refractivity contribution is 6.33. The minimum atomic E-state index is -0.253. The van der Waals surface area contributed by atoms with Crippen molar-refractivity contribution in [3.8, 4) is 0 Å². The number of aromatic nitrogens is 2. The maximum absolute atomic E-state index is 12.5. The average molecular weight is 390 g/mol. The molecule has 2 fully saturated rings. The summed E-state index contributed by atoms with van der Waals surface area (Å²) in [6.07, 6.45) is 5.13. The third-order valence-corrected chi connectivity index (χ3v) is 5.86. The number of carbonyl (C=O) groups excluding carboxylic acids is 1. The van der Waals surface area contributed by atoms with Crippen molar-refractivity contribution in [3.63, 3.8) is 0 Å². The van der Waals surface area contributed by atoms with Crippen LogP contribution in [-0.2, 0) is 9.53 Å². The molecule has 2 aliphatic heterocycles. The Morgan fingerprint density at radius 2 is 2.07 bits per heavy atom. The molecule has 4 rings (SSSR count). The van der Waals surface area contributed by atoms with Crippen molar-refractivity contribution in [2.75, 3.05) is 37.4 Å². The van der Waals surface area contributed by atoms with E-state index < -0.39 is 0 Å². The number of nitrogen functional groups attached to an aromatic ring is 1. The van der Waals surface area contributed by atoms with E-state index in [0.717, 1.165) is 55.6 Å². The van der Waals surface area contributed by atoms with Crippen LogP contribution in [0, 0.1) is 0 Å². The summed E-state index contributed by atoms with van der Waals surface area (Å²) in [6, 6.07) is 3.73. The Hall–Kier alpha value is -2.12. The number of nitrogens with two attached hydrogens (primary N) is 1. The van der Waals surface area contributed by atoms with Crippen LogP contribution in [0.4, 0.5) is 11.5 Å². The number of nitrogens with zero attached hydrogens (tertiary/aromatic N) is 4. The van der Waals surface area contributed by atoms with Gasteiger partial charge in [0.15, 0.2) is 0 Å². The van der Waals surface area contributed by atoms with E-state index in [-0.39, 0.29) is 18.1 Å². The molecule has 0 unspecified atom stereocenters. The van der Waals surface area contributed by atoms with Crippen LogP contribution in [0.15, 0.2) is 18.3 Å². The molecule has 0 spiro atoms. The van der Waals surface area contributed by atoms with Gasteiger partial charge in [-0.2, -0.15) is 0 Å². The van der Waals surface area contributed by atoms with Crippen LogP contribution in [0.1, 0.15) is 25.7 Å². The zero-order chi connectivity index (χ0) is 19.0. The van der Waals surface area contributed by atoms with E-state index >= 15 is 0 Å². The van der Waals surface area contributed by atoms with Crippen molar-refractivity contribution >= 4 is 40.0 Å². The maximum atomic E-state index is 12.5. The van der Waals surface area contributed by atoms with Gasteiger partial charge in [-0.1, -0.05) is 11.6 Å². The lowest BCUT2D eigenvalue weighted by Crippen LogP contribution is -2.48. The van der Waals surface area contributed by atoms with Gasteiger partial charge in [0.2, 0.25) is 0 Å². The van der Waals surface area contributed by atoms with Crippen LogP contribution in [0.3, 0.4) is 0 Å². The van der Waals surface area contributed by atoms with Crippen LogP contribution in [0.25, 0.3) is 11.0 Å². The summed E-state index contributed by atoms with van der Waals surface area (Å²) in [6.45, 7) is 2.35. The van der Waals surface area contributed by atoms with Gasteiger partial charge in [0.1, 0.15) is 11.9 Å². The van der Waals surface area contributed by atoms with E-state index in [4.69, 9.17) is 27.1 Å². The number of hydrogen-bond acceptors (Lipinski definition) is 6. The van der Waals surface area contributed by atoms with Crippen molar-refractivity contribution in [2.24, 2.45) is 0 Å². The van der Waals surface area contributed by atoms with Crippen molar-refractivity contribution in [2.45, 2.75) is 37.8 Å². The third-order valence-electron chi connectivity index (χ3n) is 5.54. The fourth-order valence-electron chi connectivity index (χ4n) is 3.85. The lowest BCUT2D eigenvalue weighted by molar-refractivity contribution is -0.142. The molecular formula is C19H24ClN5O2. The zero-order valence-electron chi connectivity index (χ0n) is 15.4. The van der Waals surface area contributed by atoms with Gasteiger partial charge in [0.25, 0.3) is 5.91 Å². The molecule has 0 bridgehead atoms. The Morgan fingerprint density at radius 1 is 1.30 bits per heavy atom. The van der Waals surface area contributed by atoms with Gasteiger partial charge in [0.05, 0.1) is 27.9 Å². The number of fused-ring (bicyclic) bond motifs is 1. The van der Waals surface area contributed by atoms with Crippen LogP contribution in [0.5, 0.6) is 0 Å². The second kappa shape index (κ2) is 7.48. The zero-order valence-corrected chi connectivity index (χ0v) is 16.2. The Balaban J connectivity index is 1.42. The molecule has 1 amide bonds. The molecule has 0 aliphatic carbocycles. The van der Waals surface area contributed by atoms with Gasteiger partial charge >= 0.3 is 0 Å². The predicted molar refractivity (Wildman–Crippen MR) is 106 cm³/mol. The van der Waals surface area contributed by atoms with Gasteiger partial charge in [-0.15, -0.1) is 0 Å². The second-order valence-corrected chi connectivity index (χ2v) is 7.67. The molecule has 1 atom stereocenters. The quantitative estimate of drug-likeness (QED) is 0.812. The molecule has 0 saturated carbocycles. The summed E-state index contributed by atoms with van der Waals surface area (Å²) in [4.78, 5) is 25.8.